The monoisotopic (exact) mass is 281 g/mol. The van der Waals surface area contributed by atoms with E-state index in [1.54, 1.807) is 0 Å². The molecule has 0 saturated carbocycles. The summed E-state index contributed by atoms with van der Waals surface area (Å²) in [5.41, 5.74) is 5.34. The van der Waals surface area contributed by atoms with E-state index in [1.165, 1.54) is 11.1 Å². The van der Waals surface area contributed by atoms with Crippen molar-refractivity contribution in [2.24, 2.45) is 0 Å². The molecule has 1 N–H and O–H groups in total. The highest BCUT2D eigenvalue weighted by molar-refractivity contribution is 5.95. The van der Waals surface area contributed by atoms with Crippen LogP contribution in [0.4, 0.5) is 0 Å². The Kier molecular flexibility index (Phi) is 4.79. The number of hydrogen-bond donors (Lipinski definition) is 1. The Morgan fingerprint density at radius 3 is 2.19 bits per heavy atom. The summed E-state index contributed by atoms with van der Waals surface area (Å²) in [6.07, 6.45) is 0.875. The van der Waals surface area contributed by atoms with Gasteiger partial charge in [-0.05, 0) is 44.4 Å². The van der Waals surface area contributed by atoms with E-state index in [9.17, 15) is 4.79 Å². The van der Waals surface area contributed by atoms with E-state index in [0.29, 0.717) is 0 Å². The van der Waals surface area contributed by atoms with Crippen LogP contribution in [0.3, 0.4) is 0 Å². The van der Waals surface area contributed by atoms with E-state index in [4.69, 9.17) is 0 Å². The highest BCUT2D eigenvalue weighted by atomic mass is 16.1. The molecule has 0 unspecified atom stereocenters. The number of carbonyl (C=O) groups excluding carboxylic acids is 1. The molecule has 2 heteroatoms. The van der Waals surface area contributed by atoms with Gasteiger partial charge in [-0.1, -0.05) is 54.4 Å². The number of amides is 1. The first-order valence-electron chi connectivity index (χ1n) is 7.46. The second-order valence-electron chi connectivity index (χ2n) is 5.66. The van der Waals surface area contributed by atoms with Gasteiger partial charge in [-0.2, -0.15) is 0 Å². The average Bonchev–Trinajstić information content (AvgIpc) is 2.45. The van der Waals surface area contributed by atoms with Crippen molar-refractivity contribution in [2.45, 2.75) is 40.2 Å². The molecule has 0 saturated heterocycles. The number of hydrogen-bond acceptors (Lipinski definition) is 1. The van der Waals surface area contributed by atoms with Crippen molar-refractivity contribution >= 4 is 5.91 Å². The lowest BCUT2D eigenvalue weighted by molar-refractivity contribution is 0.0935. The summed E-state index contributed by atoms with van der Waals surface area (Å²) < 4.78 is 0. The number of carbonyl (C=O) groups is 1. The number of aryl methyl sites for hydroxylation is 3. The first-order valence-corrected chi connectivity index (χ1v) is 7.46. The molecule has 2 rings (SSSR count). The molecule has 2 nitrogen and oxygen atoms in total. The first kappa shape index (κ1) is 15.3. The molecule has 0 bridgehead atoms. The van der Waals surface area contributed by atoms with Crippen molar-refractivity contribution in [3.05, 3.63) is 70.3 Å². The van der Waals surface area contributed by atoms with Crippen LogP contribution in [0.15, 0.2) is 42.5 Å². The zero-order chi connectivity index (χ0) is 15.4. The quantitative estimate of drug-likeness (QED) is 0.878. The lowest BCUT2D eigenvalue weighted by Gasteiger charge is -2.18. The van der Waals surface area contributed by atoms with E-state index in [-0.39, 0.29) is 11.9 Å². The Bertz CT molecular complexity index is 629. The fourth-order valence-corrected chi connectivity index (χ4v) is 2.52. The predicted molar refractivity (Wildman–Crippen MR) is 87.6 cm³/mol. The third kappa shape index (κ3) is 3.72. The number of nitrogens with one attached hydrogen (secondary N) is 1. The molecule has 0 fully saturated rings. The number of rotatable bonds is 4. The third-order valence-corrected chi connectivity index (χ3v) is 3.82. The second-order valence-corrected chi connectivity index (χ2v) is 5.66. The van der Waals surface area contributed by atoms with Crippen LogP contribution in [0.1, 0.15) is 52.0 Å². The van der Waals surface area contributed by atoms with Crippen molar-refractivity contribution in [1.82, 2.24) is 5.32 Å². The van der Waals surface area contributed by atoms with Crippen LogP contribution >= 0.6 is 0 Å². The largest absolute Gasteiger partial charge is 0.345 e. The van der Waals surface area contributed by atoms with Gasteiger partial charge in [0, 0.05) is 5.56 Å². The standard InChI is InChI=1S/C19H23NO/c1-5-18(16-9-6-13(2)7-10-16)20-19(21)17-11-8-14(3)12-15(17)4/h6-12,18H,5H2,1-4H3,(H,20,21)/t18-/m1/s1. The minimum absolute atomic E-state index is 0.0000694. The summed E-state index contributed by atoms with van der Waals surface area (Å²) in [6.45, 7) is 8.18. The van der Waals surface area contributed by atoms with Crippen LogP contribution in [-0.4, -0.2) is 5.91 Å². The predicted octanol–water partition coefficient (Wildman–Crippen LogP) is 4.49. The first-order chi connectivity index (χ1) is 10.0. The molecule has 0 heterocycles. The highest BCUT2D eigenvalue weighted by Crippen LogP contribution is 2.19. The van der Waals surface area contributed by atoms with Gasteiger partial charge in [-0.3, -0.25) is 4.79 Å². The maximum absolute atomic E-state index is 12.5. The molecule has 2 aromatic rings. The van der Waals surface area contributed by atoms with Gasteiger partial charge in [0.15, 0.2) is 0 Å². The van der Waals surface area contributed by atoms with Gasteiger partial charge in [-0.15, -0.1) is 0 Å². The average molecular weight is 281 g/mol. The molecular formula is C19H23NO. The van der Waals surface area contributed by atoms with Crippen molar-refractivity contribution in [1.29, 1.82) is 0 Å². The van der Waals surface area contributed by atoms with Gasteiger partial charge in [0.1, 0.15) is 0 Å². The highest BCUT2D eigenvalue weighted by Gasteiger charge is 2.15. The molecule has 0 aliphatic heterocycles. The molecule has 1 amide bonds. The van der Waals surface area contributed by atoms with Gasteiger partial charge < -0.3 is 5.32 Å². The summed E-state index contributed by atoms with van der Waals surface area (Å²) in [7, 11) is 0. The fourth-order valence-electron chi connectivity index (χ4n) is 2.52. The SMILES string of the molecule is CC[C@@H](NC(=O)c1ccc(C)cc1C)c1ccc(C)cc1. The Labute approximate surface area is 127 Å². The molecule has 0 spiro atoms. The van der Waals surface area contributed by atoms with Gasteiger partial charge in [-0.25, -0.2) is 0 Å². The second kappa shape index (κ2) is 6.57. The zero-order valence-electron chi connectivity index (χ0n) is 13.2. The molecule has 1 atom stereocenters. The summed E-state index contributed by atoms with van der Waals surface area (Å²) in [5, 5.41) is 3.14. The molecule has 0 aromatic heterocycles. The van der Waals surface area contributed by atoms with Crippen molar-refractivity contribution in [3.8, 4) is 0 Å². The van der Waals surface area contributed by atoms with Crippen LogP contribution in [0.25, 0.3) is 0 Å². The van der Waals surface area contributed by atoms with Crippen LogP contribution < -0.4 is 5.32 Å². The van der Waals surface area contributed by atoms with Gasteiger partial charge >= 0.3 is 0 Å². The lowest BCUT2D eigenvalue weighted by atomic mass is 10.0. The van der Waals surface area contributed by atoms with E-state index in [1.807, 2.05) is 32.0 Å². The maximum atomic E-state index is 12.5. The molecule has 0 radical (unpaired) electrons. The topological polar surface area (TPSA) is 29.1 Å². The molecule has 2 aromatic carbocycles. The number of benzene rings is 2. The van der Waals surface area contributed by atoms with Gasteiger partial charge in [0.25, 0.3) is 5.91 Å². The minimum Gasteiger partial charge on any atom is -0.345 e. The summed E-state index contributed by atoms with van der Waals surface area (Å²) in [5.74, 6) is -0.0000694. The van der Waals surface area contributed by atoms with Gasteiger partial charge in [0.05, 0.1) is 6.04 Å². The fraction of sp³-hybridized carbons (Fsp3) is 0.316. The van der Waals surface area contributed by atoms with Crippen LogP contribution in [-0.2, 0) is 0 Å². The summed E-state index contributed by atoms with van der Waals surface area (Å²) in [4.78, 5) is 12.5. The Morgan fingerprint density at radius 2 is 1.62 bits per heavy atom. The molecule has 0 aliphatic rings. The van der Waals surface area contributed by atoms with E-state index in [0.717, 1.165) is 23.1 Å². The zero-order valence-corrected chi connectivity index (χ0v) is 13.2. The van der Waals surface area contributed by atoms with Crippen LogP contribution in [0.2, 0.25) is 0 Å². The summed E-state index contributed by atoms with van der Waals surface area (Å²) in [6, 6.07) is 14.3. The van der Waals surface area contributed by atoms with Crippen LogP contribution in [0.5, 0.6) is 0 Å². The molecule has 0 aliphatic carbocycles. The van der Waals surface area contributed by atoms with Gasteiger partial charge in [0.2, 0.25) is 0 Å². The maximum Gasteiger partial charge on any atom is 0.252 e. The normalized spacial score (nSPS) is 12.0. The Morgan fingerprint density at radius 1 is 1.00 bits per heavy atom. The lowest BCUT2D eigenvalue weighted by Crippen LogP contribution is -2.28. The van der Waals surface area contributed by atoms with E-state index >= 15 is 0 Å². The van der Waals surface area contributed by atoms with Crippen molar-refractivity contribution in [3.63, 3.8) is 0 Å². The molecular weight excluding hydrogens is 258 g/mol. The van der Waals surface area contributed by atoms with Crippen LogP contribution in [0, 0.1) is 20.8 Å². The Balaban J connectivity index is 2.18. The summed E-state index contributed by atoms with van der Waals surface area (Å²) >= 11 is 0. The molecule has 21 heavy (non-hydrogen) atoms. The Hall–Kier alpha value is -2.09. The van der Waals surface area contributed by atoms with Crippen molar-refractivity contribution in [2.75, 3.05) is 0 Å². The van der Waals surface area contributed by atoms with Crippen molar-refractivity contribution < 1.29 is 4.79 Å². The van der Waals surface area contributed by atoms with E-state index < -0.39 is 0 Å². The van der Waals surface area contributed by atoms with E-state index in [2.05, 4.69) is 43.4 Å². The third-order valence-electron chi connectivity index (χ3n) is 3.82. The minimum atomic E-state index is -0.0000694. The molecule has 110 valence electrons. The smallest absolute Gasteiger partial charge is 0.252 e.